The average molecular weight is 206 g/mol. The minimum absolute atomic E-state index is 0.963. The van der Waals surface area contributed by atoms with Gasteiger partial charge in [-0.3, -0.25) is 4.57 Å². The Morgan fingerprint density at radius 2 is 1.83 bits per heavy atom. The summed E-state index contributed by atoms with van der Waals surface area (Å²) >= 11 is 0. The van der Waals surface area contributed by atoms with Gasteiger partial charge in [0.15, 0.2) is 0 Å². The van der Waals surface area contributed by atoms with Crippen molar-refractivity contribution in [2.24, 2.45) is 0 Å². The summed E-state index contributed by atoms with van der Waals surface area (Å²) in [6, 6.07) is 0. The Hall–Kier alpha value is -0.0700. The van der Waals surface area contributed by atoms with Crippen LogP contribution in [0.15, 0.2) is 0 Å². The first-order valence-electron chi connectivity index (χ1n) is 2.93. The second-order valence-corrected chi connectivity index (χ2v) is 3.99. The second-order valence-electron chi connectivity index (χ2n) is 2.25. The standard InChI is InChI=1S/C4H9F2O5P/c5-4(6,12(9,10)11)1-3(8)2-7/h3,7-8H,1-2H2,(H2,9,10,11). The zero-order valence-corrected chi connectivity index (χ0v) is 6.79. The third-order valence-corrected chi connectivity index (χ3v) is 2.15. The van der Waals surface area contributed by atoms with E-state index in [9.17, 15) is 13.3 Å². The smallest absolute Gasteiger partial charge is 0.394 e. The van der Waals surface area contributed by atoms with Crippen LogP contribution in [0.25, 0.3) is 0 Å². The number of alkyl halides is 2. The van der Waals surface area contributed by atoms with Crippen LogP contribution < -0.4 is 0 Å². The fourth-order valence-corrected chi connectivity index (χ4v) is 0.916. The highest BCUT2D eigenvalue weighted by Crippen LogP contribution is 2.55. The zero-order valence-electron chi connectivity index (χ0n) is 5.89. The van der Waals surface area contributed by atoms with Crippen molar-refractivity contribution in [3.8, 4) is 0 Å². The molecule has 0 aromatic carbocycles. The summed E-state index contributed by atoms with van der Waals surface area (Å²) in [5, 5.41) is 16.6. The molecular weight excluding hydrogens is 197 g/mol. The Kier molecular flexibility index (Phi) is 3.74. The van der Waals surface area contributed by atoms with Crippen molar-refractivity contribution in [3.63, 3.8) is 0 Å². The third-order valence-electron chi connectivity index (χ3n) is 1.12. The van der Waals surface area contributed by atoms with E-state index in [1.807, 2.05) is 0 Å². The molecule has 0 amide bonds. The van der Waals surface area contributed by atoms with Crippen molar-refractivity contribution >= 4 is 7.60 Å². The molecule has 0 spiro atoms. The number of aliphatic hydroxyl groups is 2. The van der Waals surface area contributed by atoms with Gasteiger partial charge in [0.2, 0.25) is 0 Å². The van der Waals surface area contributed by atoms with Crippen LogP contribution in [0.2, 0.25) is 0 Å². The quantitative estimate of drug-likeness (QED) is 0.465. The van der Waals surface area contributed by atoms with Crippen LogP contribution >= 0.6 is 7.60 Å². The molecule has 0 aromatic heterocycles. The maximum atomic E-state index is 12.3. The molecule has 5 nitrogen and oxygen atoms in total. The molecule has 0 saturated carbocycles. The van der Waals surface area contributed by atoms with Crippen LogP contribution in [0.3, 0.4) is 0 Å². The summed E-state index contributed by atoms with van der Waals surface area (Å²) in [4.78, 5) is 16.1. The van der Waals surface area contributed by atoms with Gasteiger partial charge < -0.3 is 20.0 Å². The lowest BCUT2D eigenvalue weighted by Crippen LogP contribution is -2.26. The van der Waals surface area contributed by atoms with E-state index in [-0.39, 0.29) is 0 Å². The lowest BCUT2D eigenvalue weighted by Gasteiger charge is -2.19. The lowest BCUT2D eigenvalue weighted by molar-refractivity contribution is -0.0131. The first kappa shape index (κ1) is 11.9. The van der Waals surface area contributed by atoms with Gasteiger partial charge in [0.1, 0.15) is 0 Å². The fraction of sp³-hybridized carbons (Fsp3) is 1.00. The molecular formula is C4H9F2O5P. The van der Waals surface area contributed by atoms with Crippen molar-refractivity contribution < 1.29 is 33.3 Å². The predicted molar refractivity (Wildman–Crippen MR) is 34.7 cm³/mol. The van der Waals surface area contributed by atoms with E-state index in [4.69, 9.17) is 20.0 Å². The fourth-order valence-electron chi connectivity index (χ4n) is 0.467. The maximum Gasteiger partial charge on any atom is 0.394 e. The minimum Gasteiger partial charge on any atom is -0.394 e. The molecule has 0 heterocycles. The Balaban J connectivity index is 4.33. The normalized spacial score (nSPS) is 16.2. The molecule has 1 atom stereocenters. The lowest BCUT2D eigenvalue weighted by atomic mass is 10.3. The third kappa shape index (κ3) is 3.12. The molecule has 0 aromatic rings. The van der Waals surface area contributed by atoms with E-state index >= 15 is 0 Å². The highest BCUT2D eigenvalue weighted by Gasteiger charge is 2.49. The Morgan fingerprint density at radius 1 is 1.42 bits per heavy atom. The highest BCUT2D eigenvalue weighted by molar-refractivity contribution is 7.53. The Labute approximate surface area is 66.8 Å². The van der Waals surface area contributed by atoms with E-state index in [0.717, 1.165) is 0 Å². The second kappa shape index (κ2) is 3.76. The van der Waals surface area contributed by atoms with Crippen molar-refractivity contribution in [2.45, 2.75) is 18.2 Å². The topological polar surface area (TPSA) is 98.0 Å². The number of aliphatic hydroxyl groups excluding tert-OH is 2. The van der Waals surface area contributed by atoms with E-state index < -0.39 is 32.4 Å². The van der Waals surface area contributed by atoms with Gasteiger partial charge in [0, 0.05) is 0 Å². The van der Waals surface area contributed by atoms with Crippen LogP contribution in [0.4, 0.5) is 8.78 Å². The number of rotatable bonds is 4. The molecule has 0 bridgehead atoms. The largest absolute Gasteiger partial charge is 0.394 e. The molecule has 0 aliphatic carbocycles. The molecule has 74 valence electrons. The van der Waals surface area contributed by atoms with Crippen LogP contribution in [0, 0.1) is 0 Å². The monoisotopic (exact) mass is 206 g/mol. The molecule has 0 radical (unpaired) electrons. The average Bonchev–Trinajstić information content (AvgIpc) is 1.84. The maximum absolute atomic E-state index is 12.3. The SMILES string of the molecule is O=P(O)(O)C(F)(F)CC(O)CO. The summed E-state index contributed by atoms with van der Waals surface area (Å²) < 4.78 is 34.7. The molecule has 0 aliphatic heterocycles. The van der Waals surface area contributed by atoms with Gasteiger partial charge >= 0.3 is 13.3 Å². The first-order valence-corrected chi connectivity index (χ1v) is 4.54. The van der Waals surface area contributed by atoms with Gasteiger partial charge in [-0.05, 0) is 0 Å². The number of hydrogen-bond acceptors (Lipinski definition) is 3. The summed E-state index contributed by atoms with van der Waals surface area (Å²) in [5.74, 6) is 0. The van der Waals surface area contributed by atoms with E-state index in [0.29, 0.717) is 0 Å². The van der Waals surface area contributed by atoms with E-state index in [2.05, 4.69) is 0 Å². The molecule has 12 heavy (non-hydrogen) atoms. The van der Waals surface area contributed by atoms with Gasteiger partial charge in [-0.1, -0.05) is 0 Å². The van der Waals surface area contributed by atoms with Crippen molar-refractivity contribution in [1.82, 2.24) is 0 Å². The van der Waals surface area contributed by atoms with Gasteiger partial charge in [-0.25, -0.2) is 0 Å². The first-order chi connectivity index (χ1) is 5.20. The van der Waals surface area contributed by atoms with Gasteiger partial charge in [0.05, 0.1) is 19.1 Å². The predicted octanol–water partition coefficient (Wildman–Crippen LogP) is -0.500. The summed E-state index contributed by atoms with van der Waals surface area (Å²) in [6.45, 7) is -0.963. The molecule has 4 N–H and O–H groups in total. The van der Waals surface area contributed by atoms with Crippen LogP contribution in [-0.4, -0.2) is 38.4 Å². The van der Waals surface area contributed by atoms with Gasteiger partial charge in [0.25, 0.3) is 0 Å². The van der Waals surface area contributed by atoms with Crippen molar-refractivity contribution in [1.29, 1.82) is 0 Å². The van der Waals surface area contributed by atoms with Crippen LogP contribution in [-0.2, 0) is 4.57 Å². The summed E-state index contributed by atoms with van der Waals surface area (Å²) in [6.07, 6.45) is -3.28. The van der Waals surface area contributed by atoms with Crippen LogP contribution in [0.5, 0.6) is 0 Å². The van der Waals surface area contributed by atoms with Gasteiger partial charge in [-0.2, -0.15) is 8.78 Å². The molecule has 0 rings (SSSR count). The molecule has 8 heteroatoms. The van der Waals surface area contributed by atoms with Crippen LogP contribution in [0.1, 0.15) is 6.42 Å². The molecule has 1 unspecified atom stereocenters. The van der Waals surface area contributed by atoms with Gasteiger partial charge in [-0.15, -0.1) is 0 Å². The summed E-state index contributed by atoms with van der Waals surface area (Å²) in [7, 11) is -5.54. The molecule has 0 aliphatic rings. The Bertz CT molecular complexity index is 190. The Morgan fingerprint density at radius 3 is 2.08 bits per heavy atom. The number of hydrogen-bond donors (Lipinski definition) is 4. The zero-order chi connectivity index (χ0) is 9.99. The minimum atomic E-state index is -5.54. The van der Waals surface area contributed by atoms with E-state index in [1.165, 1.54) is 0 Å². The molecule has 0 fully saturated rings. The number of halogens is 2. The van der Waals surface area contributed by atoms with Crippen molar-refractivity contribution in [2.75, 3.05) is 6.61 Å². The van der Waals surface area contributed by atoms with E-state index in [1.54, 1.807) is 0 Å². The van der Waals surface area contributed by atoms with Crippen molar-refractivity contribution in [3.05, 3.63) is 0 Å². The molecule has 0 saturated heterocycles. The highest BCUT2D eigenvalue weighted by atomic mass is 31.2. The summed E-state index contributed by atoms with van der Waals surface area (Å²) in [5.41, 5.74) is -4.28.